The monoisotopic (exact) mass is 840 g/mol. The van der Waals surface area contributed by atoms with Crippen LogP contribution in [0, 0.1) is 0 Å². The molecule has 0 unspecified atom stereocenters. The van der Waals surface area contributed by atoms with Gasteiger partial charge in [0.1, 0.15) is 0 Å². The number of rotatable bonds is 10. The van der Waals surface area contributed by atoms with E-state index in [1.165, 1.54) is 11.1 Å². The minimum Gasteiger partial charge on any atom is -0.228 e. The molecule has 11 rings (SSSR count). The maximum Gasteiger partial charge on any atom is 0.161 e. The second-order valence-corrected chi connectivity index (χ2v) is 16.5. The van der Waals surface area contributed by atoms with E-state index < -0.39 is 0 Å². The van der Waals surface area contributed by atoms with Crippen LogP contribution >= 0.6 is 0 Å². The van der Waals surface area contributed by atoms with Gasteiger partial charge >= 0.3 is 0 Å². The molecule has 0 atom stereocenters. The highest BCUT2D eigenvalue weighted by atomic mass is 14.9. The zero-order chi connectivity index (χ0) is 44.1. The standard InChI is InChI=1S/C64H44N2/c1-8-24-45(25-9-1)52-40-53(46-26-10-2-11-27-46)42-54(41-52)60-44-59(48-30-14-4-15-31-48)65-64(66-60)56-39-23-22-38-55(56)58-43-57(47-28-12-3-13-29-47)61(49-32-16-5-17-33-49)63(51-36-20-7-21-37-51)62(58)50-34-18-6-19-35-50/h1-44H. The summed E-state index contributed by atoms with van der Waals surface area (Å²) in [6.45, 7) is 0. The highest BCUT2D eigenvalue weighted by Gasteiger charge is 2.26. The number of hydrogen-bond acceptors (Lipinski definition) is 2. The molecule has 2 heteroatoms. The van der Waals surface area contributed by atoms with E-state index in [0.29, 0.717) is 5.82 Å². The molecule has 310 valence electrons. The van der Waals surface area contributed by atoms with Gasteiger partial charge in [0.05, 0.1) is 11.4 Å². The summed E-state index contributed by atoms with van der Waals surface area (Å²) >= 11 is 0. The number of nitrogens with zero attached hydrogens (tertiary/aromatic N) is 2. The second kappa shape index (κ2) is 18.2. The van der Waals surface area contributed by atoms with Gasteiger partial charge in [-0.2, -0.15) is 0 Å². The lowest BCUT2D eigenvalue weighted by molar-refractivity contribution is 1.18. The molecule has 0 saturated carbocycles. The summed E-state index contributed by atoms with van der Waals surface area (Å²) in [5.41, 5.74) is 20.6. The van der Waals surface area contributed by atoms with Gasteiger partial charge in [0.25, 0.3) is 0 Å². The summed E-state index contributed by atoms with van der Waals surface area (Å²) < 4.78 is 0. The zero-order valence-electron chi connectivity index (χ0n) is 36.3. The van der Waals surface area contributed by atoms with Crippen LogP contribution in [0.4, 0.5) is 0 Å². The van der Waals surface area contributed by atoms with E-state index in [2.05, 4.69) is 267 Å². The van der Waals surface area contributed by atoms with Crippen LogP contribution in [0.25, 0.3) is 112 Å². The van der Waals surface area contributed by atoms with E-state index >= 15 is 0 Å². The Labute approximate surface area is 386 Å². The predicted octanol–water partition coefficient (Wildman–Crippen LogP) is 17.1. The van der Waals surface area contributed by atoms with E-state index in [4.69, 9.17) is 9.97 Å². The van der Waals surface area contributed by atoms with Crippen molar-refractivity contribution in [1.82, 2.24) is 9.97 Å². The summed E-state index contributed by atoms with van der Waals surface area (Å²) in [7, 11) is 0. The van der Waals surface area contributed by atoms with E-state index in [-0.39, 0.29) is 0 Å². The van der Waals surface area contributed by atoms with Gasteiger partial charge in [-0.25, -0.2) is 9.97 Å². The second-order valence-electron chi connectivity index (χ2n) is 16.5. The van der Waals surface area contributed by atoms with Crippen LogP contribution in [0.5, 0.6) is 0 Å². The topological polar surface area (TPSA) is 25.8 Å². The Balaban J connectivity index is 1.22. The highest BCUT2D eigenvalue weighted by Crippen LogP contribution is 2.51. The molecule has 0 spiro atoms. The van der Waals surface area contributed by atoms with E-state index in [0.717, 1.165) is 94.8 Å². The zero-order valence-corrected chi connectivity index (χ0v) is 36.3. The summed E-state index contributed by atoms with van der Waals surface area (Å²) in [6.07, 6.45) is 0. The SMILES string of the molecule is c1ccc(-c2cc(-c3ccccc3)cc(-c3cc(-c4ccccc4)nc(-c4ccccc4-c4cc(-c5ccccc5)c(-c5ccccc5)c(-c5ccccc5)c4-c4ccccc4)n3)c2)cc1. The molecule has 0 aliphatic rings. The van der Waals surface area contributed by atoms with Crippen molar-refractivity contribution in [2.24, 2.45) is 0 Å². The fourth-order valence-electron chi connectivity index (χ4n) is 9.20. The van der Waals surface area contributed by atoms with E-state index in [1.807, 2.05) is 0 Å². The molecular formula is C64H44N2. The predicted molar refractivity (Wildman–Crippen MR) is 276 cm³/mol. The first-order valence-corrected chi connectivity index (χ1v) is 22.5. The fraction of sp³-hybridized carbons (Fsp3) is 0. The summed E-state index contributed by atoms with van der Waals surface area (Å²) in [6, 6.07) is 95.0. The van der Waals surface area contributed by atoms with Crippen LogP contribution in [0.3, 0.4) is 0 Å². The normalized spacial score (nSPS) is 11.0. The average molecular weight is 841 g/mol. The molecule has 11 aromatic rings. The van der Waals surface area contributed by atoms with Crippen LogP contribution in [0.1, 0.15) is 0 Å². The Morgan fingerprint density at radius 1 is 0.182 bits per heavy atom. The van der Waals surface area contributed by atoms with Gasteiger partial charge in [0.15, 0.2) is 5.82 Å². The molecule has 2 nitrogen and oxygen atoms in total. The molecule has 0 aliphatic carbocycles. The smallest absolute Gasteiger partial charge is 0.161 e. The Morgan fingerprint density at radius 3 is 0.985 bits per heavy atom. The molecular weight excluding hydrogens is 797 g/mol. The van der Waals surface area contributed by atoms with Gasteiger partial charge in [-0.3, -0.25) is 0 Å². The highest BCUT2D eigenvalue weighted by molar-refractivity contribution is 6.08. The fourth-order valence-corrected chi connectivity index (χ4v) is 9.20. The van der Waals surface area contributed by atoms with Crippen LogP contribution in [0.2, 0.25) is 0 Å². The van der Waals surface area contributed by atoms with Crippen molar-refractivity contribution in [2.75, 3.05) is 0 Å². The van der Waals surface area contributed by atoms with Crippen molar-refractivity contribution in [3.8, 4) is 112 Å². The van der Waals surface area contributed by atoms with Gasteiger partial charge in [0.2, 0.25) is 0 Å². The van der Waals surface area contributed by atoms with Gasteiger partial charge in [-0.15, -0.1) is 0 Å². The Kier molecular flexibility index (Phi) is 11.0. The maximum absolute atomic E-state index is 5.57. The third kappa shape index (κ3) is 8.05. The third-order valence-corrected chi connectivity index (χ3v) is 12.3. The number of benzene rings is 10. The van der Waals surface area contributed by atoms with E-state index in [1.54, 1.807) is 0 Å². The quantitative estimate of drug-likeness (QED) is 0.137. The van der Waals surface area contributed by atoms with Gasteiger partial charge < -0.3 is 0 Å². The van der Waals surface area contributed by atoms with Gasteiger partial charge in [0, 0.05) is 16.7 Å². The molecule has 0 amide bonds. The molecule has 0 aliphatic heterocycles. The first kappa shape index (κ1) is 40.1. The average Bonchev–Trinajstić information content (AvgIpc) is 3.41. The Hall–Kier alpha value is -8.72. The van der Waals surface area contributed by atoms with Crippen molar-refractivity contribution in [1.29, 1.82) is 0 Å². The minimum absolute atomic E-state index is 0.655. The molecule has 66 heavy (non-hydrogen) atoms. The summed E-state index contributed by atoms with van der Waals surface area (Å²) in [4.78, 5) is 11.0. The lowest BCUT2D eigenvalue weighted by atomic mass is 9.78. The molecule has 0 bridgehead atoms. The van der Waals surface area contributed by atoms with E-state index in [9.17, 15) is 0 Å². The summed E-state index contributed by atoms with van der Waals surface area (Å²) in [5.74, 6) is 0.655. The maximum atomic E-state index is 5.57. The molecule has 10 aromatic carbocycles. The molecule has 1 heterocycles. The Bertz CT molecular complexity index is 3350. The third-order valence-electron chi connectivity index (χ3n) is 12.3. The first-order chi connectivity index (χ1) is 32.7. The van der Waals surface area contributed by atoms with Gasteiger partial charge in [-0.05, 0) is 108 Å². The first-order valence-electron chi connectivity index (χ1n) is 22.5. The number of aromatic nitrogens is 2. The molecule has 1 aromatic heterocycles. The molecule has 0 fully saturated rings. The molecule has 0 N–H and O–H groups in total. The van der Waals surface area contributed by atoms with Crippen LogP contribution in [-0.2, 0) is 0 Å². The molecule has 0 radical (unpaired) electrons. The van der Waals surface area contributed by atoms with Crippen molar-refractivity contribution in [2.45, 2.75) is 0 Å². The van der Waals surface area contributed by atoms with Crippen molar-refractivity contribution < 1.29 is 0 Å². The Morgan fingerprint density at radius 2 is 0.515 bits per heavy atom. The lowest BCUT2D eigenvalue weighted by Crippen LogP contribution is -2.01. The largest absolute Gasteiger partial charge is 0.228 e. The van der Waals surface area contributed by atoms with Crippen molar-refractivity contribution in [3.63, 3.8) is 0 Å². The van der Waals surface area contributed by atoms with Gasteiger partial charge in [-0.1, -0.05) is 237 Å². The lowest BCUT2D eigenvalue weighted by Gasteiger charge is -2.25. The number of hydrogen-bond donors (Lipinski definition) is 0. The van der Waals surface area contributed by atoms with Crippen molar-refractivity contribution in [3.05, 3.63) is 267 Å². The minimum atomic E-state index is 0.655. The molecule has 0 saturated heterocycles. The van der Waals surface area contributed by atoms with Crippen LogP contribution < -0.4 is 0 Å². The summed E-state index contributed by atoms with van der Waals surface area (Å²) in [5, 5.41) is 0. The van der Waals surface area contributed by atoms with Crippen molar-refractivity contribution >= 4 is 0 Å². The van der Waals surface area contributed by atoms with Crippen LogP contribution in [-0.4, -0.2) is 9.97 Å². The van der Waals surface area contributed by atoms with Crippen LogP contribution in [0.15, 0.2) is 267 Å².